The first-order valence-corrected chi connectivity index (χ1v) is 17.3. The van der Waals surface area contributed by atoms with E-state index in [0.717, 1.165) is 33.7 Å². The summed E-state index contributed by atoms with van der Waals surface area (Å²) in [4.78, 5) is 10.3. The molecule has 0 spiro atoms. The van der Waals surface area contributed by atoms with Crippen LogP contribution >= 0.6 is 0 Å². The van der Waals surface area contributed by atoms with E-state index in [1.165, 1.54) is 54.6 Å². The second kappa shape index (κ2) is 11.9. The number of fused-ring (bicyclic) bond motifs is 6. The molecule has 238 valence electrons. The van der Waals surface area contributed by atoms with Crippen molar-refractivity contribution in [2.24, 2.45) is 0 Å². The average Bonchev–Trinajstić information content (AvgIpc) is 3.56. The molecule has 0 atom stereocenters. The first kappa shape index (κ1) is 29.1. The van der Waals surface area contributed by atoms with Crippen LogP contribution in [0.4, 0.5) is 0 Å². The molecule has 51 heavy (non-hydrogen) atoms. The molecule has 0 radical (unpaired) electrons. The second-order valence-corrected chi connectivity index (χ2v) is 13.0. The van der Waals surface area contributed by atoms with Crippen molar-refractivity contribution in [3.63, 3.8) is 0 Å². The highest BCUT2D eigenvalue weighted by Gasteiger charge is 2.19. The molecule has 0 aliphatic carbocycles. The average molecular weight is 650 g/mol. The summed E-state index contributed by atoms with van der Waals surface area (Å²) in [5, 5.41) is 7.36. The fourth-order valence-electron chi connectivity index (χ4n) is 7.65. The Hall–Kier alpha value is -6.84. The molecule has 0 saturated carbocycles. The summed E-state index contributed by atoms with van der Waals surface area (Å²) in [7, 11) is 0. The number of nitrogens with zero attached hydrogens (tertiary/aromatic N) is 3. The van der Waals surface area contributed by atoms with Crippen LogP contribution in [0, 0.1) is 0 Å². The van der Waals surface area contributed by atoms with Crippen molar-refractivity contribution < 1.29 is 0 Å². The van der Waals surface area contributed by atoms with Gasteiger partial charge >= 0.3 is 0 Å². The van der Waals surface area contributed by atoms with Crippen molar-refractivity contribution in [2.75, 3.05) is 0 Å². The van der Waals surface area contributed by atoms with E-state index in [9.17, 15) is 0 Å². The largest absolute Gasteiger partial charge is 0.294 e. The van der Waals surface area contributed by atoms with Crippen molar-refractivity contribution in [1.29, 1.82) is 0 Å². The standard InChI is InChI=1S/C48H31N3/c1-4-14-32(15-5-1)37-27-28-38(41-21-11-10-20-40(37)41)35-24-26-39-36(30-35)25-29-45-47(39)42-22-12-13-23-44(42)51(45)46-31-43(33-16-6-2-7-17-33)49-48(50-46)34-18-8-3-9-19-34/h1-31H. The van der Waals surface area contributed by atoms with Crippen molar-refractivity contribution >= 4 is 43.4 Å². The molecular formula is C48H31N3. The predicted octanol–water partition coefficient (Wildman–Crippen LogP) is 12.5. The van der Waals surface area contributed by atoms with Gasteiger partial charge in [0.05, 0.1) is 16.7 Å². The zero-order chi connectivity index (χ0) is 33.7. The maximum Gasteiger partial charge on any atom is 0.162 e. The van der Waals surface area contributed by atoms with Crippen molar-refractivity contribution in [1.82, 2.24) is 14.5 Å². The third-order valence-electron chi connectivity index (χ3n) is 10.0. The summed E-state index contributed by atoms with van der Waals surface area (Å²) in [6.45, 7) is 0. The fourth-order valence-corrected chi connectivity index (χ4v) is 7.65. The topological polar surface area (TPSA) is 30.7 Å². The van der Waals surface area contributed by atoms with E-state index >= 15 is 0 Å². The maximum absolute atomic E-state index is 5.22. The van der Waals surface area contributed by atoms with E-state index in [1.54, 1.807) is 0 Å². The number of hydrogen-bond acceptors (Lipinski definition) is 2. The second-order valence-electron chi connectivity index (χ2n) is 13.0. The Morgan fingerprint density at radius 3 is 1.65 bits per heavy atom. The molecular weight excluding hydrogens is 619 g/mol. The molecule has 8 aromatic carbocycles. The summed E-state index contributed by atoms with van der Waals surface area (Å²) in [5.74, 6) is 1.55. The van der Waals surface area contributed by atoms with Crippen LogP contribution in [0.2, 0.25) is 0 Å². The third kappa shape index (κ3) is 4.90. The van der Waals surface area contributed by atoms with Crippen molar-refractivity contribution in [3.8, 4) is 50.7 Å². The lowest BCUT2D eigenvalue weighted by atomic mass is 9.91. The monoisotopic (exact) mass is 649 g/mol. The van der Waals surface area contributed by atoms with E-state index in [-0.39, 0.29) is 0 Å². The maximum atomic E-state index is 5.22. The van der Waals surface area contributed by atoms with E-state index in [1.807, 2.05) is 24.3 Å². The number of rotatable bonds is 5. The number of para-hydroxylation sites is 1. The minimum absolute atomic E-state index is 0.703. The minimum Gasteiger partial charge on any atom is -0.294 e. The molecule has 2 heterocycles. The van der Waals surface area contributed by atoms with Gasteiger partial charge in [0.15, 0.2) is 5.82 Å². The smallest absolute Gasteiger partial charge is 0.162 e. The SMILES string of the molecule is c1ccc(-c2cc(-n3c4ccccc4c4c5ccc(-c6ccc(-c7ccccc7)c7ccccc67)cc5ccc43)nc(-c3ccccc3)n2)cc1. The van der Waals surface area contributed by atoms with E-state index in [0.29, 0.717) is 5.82 Å². The zero-order valence-electron chi connectivity index (χ0n) is 27.7. The van der Waals surface area contributed by atoms with Crippen LogP contribution in [0.5, 0.6) is 0 Å². The first-order valence-electron chi connectivity index (χ1n) is 17.3. The number of aromatic nitrogens is 3. The Balaban J connectivity index is 1.18. The molecule has 0 bridgehead atoms. The lowest BCUT2D eigenvalue weighted by Crippen LogP contribution is -2.02. The molecule has 10 rings (SSSR count). The normalized spacial score (nSPS) is 11.5. The molecule has 0 saturated heterocycles. The van der Waals surface area contributed by atoms with Crippen LogP contribution in [0.3, 0.4) is 0 Å². The Kier molecular flexibility index (Phi) is 6.81. The highest BCUT2D eigenvalue weighted by molar-refractivity contribution is 6.22. The van der Waals surface area contributed by atoms with Gasteiger partial charge in [-0.25, -0.2) is 9.97 Å². The molecule has 0 aliphatic rings. The molecule has 2 aromatic heterocycles. The molecule has 0 aliphatic heterocycles. The van der Waals surface area contributed by atoms with Crippen LogP contribution in [0.15, 0.2) is 188 Å². The highest BCUT2D eigenvalue weighted by atomic mass is 15.1. The van der Waals surface area contributed by atoms with E-state index < -0.39 is 0 Å². The lowest BCUT2D eigenvalue weighted by molar-refractivity contribution is 1.05. The quantitative estimate of drug-likeness (QED) is 0.186. The molecule has 10 aromatic rings. The van der Waals surface area contributed by atoms with Gasteiger partial charge in [0.1, 0.15) is 5.82 Å². The van der Waals surface area contributed by atoms with Crippen LogP contribution in [0.1, 0.15) is 0 Å². The zero-order valence-corrected chi connectivity index (χ0v) is 27.7. The summed E-state index contributed by atoms with van der Waals surface area (Å²) < 4.78 is 2.30. The van der Waals surface area contributed by atoms with Crippen LogP contribution in [-0.2, 0) is 0 Å². The molecule has 3 heteroatoms. The van der Waals surface area contributed by atoms with Crippen molar-refractivity contribution in [2.45, 2.75) is 0 Å². The van der Waals surface area contributed by atoms with Gasteiger partial charge in [0.25, 0.3) is 0 Å². The number of benzene rings is 8. The molecule has 3 nitrogen and oxygen atoms in total. The fraction of sp³-hybridized carbons (Fsp3) is 0. The first-order chi connectivity index (χ1) is 25.3. The van der Waals surface area contributed by atoms with Gasteiger partial charge in [-0.15, -0.1) is 0 Å². The highest BCUT2D eigenvalue weighted by Crippen LogP contribution is 2.40. The van der Waals surface area contributed by atoms with Gasteiger partial charge in [-0.05, 0) is 62.0 Å². The van der Waals surface area contributed by atoms with Gasteiger partial charge in [0.2, 0.25) is 0 Å². The van der Waals surface area contributed by atoms with Crippen molar-refractivity contribution in [3.05, 3.63) is 188 Å². The van der Waals surface area contributed by atoms with Gasteiger partial charge in [-0.2, -0.15) is 0 Å². The lowest BCUT2D eigenvalue weighted by Gasteiger charge is -2.13. The molecule has 0 N–H and O–H groups in total. The van der Waals surface area contributed by atoms with Gasteiger partial charge in [0, 0.05) is 28.0 Å². The van der Waals surface area contributed by atoms with Crippen LogP contribution < -0.4 is 0 Å². The summed E-state index contributed by atoms with van der Waals surface area (Å²) in [5.41, 5.74) is 10.1. The van der Waals surface area contributed by atoms with Gasteiger partial charge < -0.3 is 0 Å². The Labute approximate surface area is 295 Å². The van der Waals surface area contributed by atoms with E-state index in [2.05, 4.69) is 168 Å². The van der Waals surface area contributed by atoms with Gasteiger partial charge in [-0.3, -0.25) is 4.57 Å². The van der Waals surface area contributed by atoms with Gasteiger partial charge in [-0.1, -0.05) is 164 Å². The molecule has 0 fully saturated rings. The summed E-state index contributed by atoms with van der Waals surface area (Å²) >= 11 is 0. The minimum atomic E-state index is 0.703. The third-order valence-corrected chi connectivity index (χ3v) is 10.0. The van der Waals surface area contributed by atoms with Crippen LogP contribution in [0.25, 0.3) is 94.1 Å². The molecule has 0 amide bonds. The predicted molar refractivity (Wildman–Crippen MR) is 213 cm³/mol. The summed E-state index contributed by atoms with van der Waals surface area (Å²) in [6.07, 6.45) is 0. The Morgan fingerprint density at radius 2 is 0.941 bits per heavy atom. The van der Waals surface area contributed by atoms with Crippen LogP contribution in [-0.4, -0.2) is 14.5 Å². The number of hydrogen-bond donors (Lipinski definition) is 0. The molecule has 0 unspecified atom stereocenters. The summed E-state index contributed by atoms with van der Waals surface area (Å²) in [6, 6.07) is 66.8. The van der Waals surface area contributed by atoms with E-state index in [4.69, 9.17) is 9.97 Å². The Bertz CT molecular complexity index is 2830. The Morgan fingerprint density at radius 1 is 0.353 bits per heavy atom.